The van der Waals surface area contributed by atoms with Crippen LogP contribution in [0.15, 0.2) is 24.3 Å². The van der Waals surface area contributed by atoms with Gasteiger partial charge in [-0.05, 0) is 24.6 Å². The van der Waals surface area contributed by atoms with Crippen molar-refractivity contribution in [2.24, 2.45) is 11.7 Å². The number of nitrogens with two attached hydrogens (primary N) is 1. The number of Topliss-reactive ketones (excluding diaryl/α,β-unsaturated/α-hetero) is 1. The zero-order chi connectivity index (χ0) is 10.6. The van der Waals surface area contributed by atoms with E-state index in [1.807, 2.05) is 6.92 Å². The summed E-state index contributed by atoms with van der Waals surface area (Å²) in [6.07, 6.45) is 0.303. The number of carbonyl (C=O) groups is 1. The first-order valence-electron chi connectivity index (χ1n) is 4.63. The maximum atomic E-state index is 13.1. The van der Waals surface area contributed by atoms with Crippen LogP contribution >= 0.6 is 0 Å². The van der Waals surface area contributed by atoms with Crippen LogP contribution in [0.25, 0.3) is 0 Å². The third kappa shape index (κ3) is 2.64. The second kappa shape index (κ2) is 4.86. The maximum Gasteiger partial charge on any atom is 0.166 e. The number of hydrogen-bond donors (Lipinski definition) is 1. The first kappa shape index (κ1) is 10.9. The lowest BCUT2D eigenvalue weighted by Crippen LogP contribution is -2.15. The second-order valence-electron chi connectivity index (χ2n) is 3.45. The third-order valence-corrected chi connectivity index (χ3v) is 2.11. The summed E-state index contributed by atoms with van der Waals surface area (Å²) in [5.74, 6) is -0.537. The molecule has 0 saturated carbocycles. The zero-order valence-corrected chi connectivity index (χ0v) is 8.16. The van der Waals surface area contributed by atoms with Crippen molar-refractivity contribution >= 4 is 5.78 Å². The van der Waals surface area contributed by atoms with E-state index in [0.717, 1.165) is 0 Å². The van der Waals surface area contributed by atoms with Gasteiger partial charge in [0.15, 0.2) is 5.78 Å². The van der Waals surface area contributed by atoms with E-state index in [9.17, 15) is 9.18 Å². The predicted octanol–water partition coefficient (Wildman–Crippen LogP) is 1.99. The summed E-state index contributed by atoms with van der Waals surface area (Å²) in [5.41, 5.74) is 5.55. The minimum absolute atomic E-state index is 0.0992. The number of rotatable bonds is 4. The summed E-state index contributed by atoms with van der Waals surface area (Å²) in [5, 5.41) is 0. The summed E-state index contributed by atoms with van der Waals surface area (Å²) >= 11 is 0. The van der Waals surface area contributed by atoms with Gasteiger partial charge in [-0.3, -0.25) is 4.79 Å². The van der Waals surface area contributed by atoms with Crippen molar-refractivity contribution in [3.8, 4) is 0 Å². The molecule has 0 aromatic heterocycles. The van der Waals surface area contributed by atoms with Gasteiger partial charge in [0.25, 0.3) is 0 Å². The molecule has 0 amide bonds. The van der Waals surface area contributed by atoms with E-state index >= 15 is 0 Å². The average Bonchev–Trinajstić information content (AvgIpc) is 2.18. The Balaban J connectivity index is 2.75. The lowest BCUT2D eigenvalue weighted by molar-refractivity contribution is 0.0962. The molecule has 0 aliphatic rings. The van der Waals surface area contributed by atoms with E-state index in [1.54, 1.807) is 12.1 Å². The molecule has 3 heteroatoms. The standard InChI is InChI=1S/C11H14FNO/c1-8(7-13)6-11(14)9-4-2-3-5-10(9)12/h2-5,8H,6-7,13H2,1H3. The van der Waals surface area contributed by atoms with Crippen molar-refractivity contribution in [3.63, 3.8) is 0 Å². The molecular weight excluding hydrogens is 181 g/mol. The molecule has 1 unspecified atom stereocenters. The van der Waals surface area contributed by atoms with Gasteiger partial charge in [-0.1, -0.05) is 19.1 Å². The molecule has 2 nitrogen and oxygen atoms in total. The van der Waals surface area contributed by atoms with Gasteiger partial charge in [0, 0.05) is 6.42 Å². The third-order valence-electron chi connectivity index (χ3n) is 2.11. The quantitative estimate of drug-likeness (QED) is 0.746. The summed E-state index contributed by atoms with van der Waals surface area (Å²) in [4.78, 5) is 11.5. The molecule has 1 aromatic rings. The van der Waals surface area contributed by atoms with Crippen LogP contribution in [0.5, 0.6) is 0 Å². The maximum absolute atomic E-state index is 13.1. The van der Waals surface area contributed by atoms with E-state index in [4.69, 9.17) is 5.73 Å². The van der Waals surface area contributed by atoms with Crippen LogP contribution in [0.1, 0.15) is 23.7 Å². The van der Waals surface area contributed by atoms with Crippen LogP contribution in [0, 0.1) is 11.7 Å². The fraction of sp³-hybridized carbons (Fsp3) is 0.364. The minimum Gasteiger partial charge on any atom is -0.330 e. The monoisotopic (exact) mass is 195 g/mol. The van der Waals surface area contributed by atoms with Gasteiger partial charge in [-0.15, -0.1) is 0 Å². The second-order valence-corrected chi connectivity index (χ2v) is 3.45. The molecule has 1 atom stereocenters. The summed E-state index contributed by atoms with van der Waals surface area (Å²) in [7, 11) is 0. The summed E-state index contributed by atoms with van der Waals surface area (Å²) in [6, 6.07) is 6.02. The Hall–Kier alpha value is -1.22. The van der Waals surface area contributed by atoms with Gasteiger partial charge in [-0.2, -0.15) is 0 Å². The van der Waals surface area contributed by atoms with Gasteiger partial charge < -0.3 is 5.73 Å². The van der Waals surface area contributed by atoms with Crippen molar-refractivity contribution < 1.29 is 9.18 Å². The fourth-order valence-corrected chi connectivity index (χ4v) is 1.20. The molecule has 2 N–H and O–H groups in total. The highest BCUT2D eigenvalue weighted by Gasteiger charge is 2.13. The van der Waals surface area contributed by atoms with Crippen molar-refractivity contribution in [1.29, 1.82) is 0 Å². The van der Waals surface area contributed by atoms with E-state index in [1.165, 1.54) is 12.1 Å². The Morgan fingerprint density at radius 2 is 2.14 bits per heavy atom. The Labute approximate surface area is 82.9 Å². The molecule has 0 aliphatic carbocycles. The molecule has 0 fully saturated rings. The van der Waals surface area contributed by atoms with Crippen LogP contribution in [0.2, 0.25) is 0 Å². The van der Waals surface area contributed by atoms with Crippen molar-refractivity contribution in [3.05, 3.63) is 35.6 Å². The topological polar surface area (TPSA) is 43.1 Å². The van der Waals surface area contributed by atoms with Crippen molar-refractivity contribution in [2.75, 3.05) is 6.54 Å². The lowest BCUT2D eigenvalue weighted by Gasteiger charge is -2.07. The number of halogens is 1. The van der Waals surface area contributed by atoms with Gasteiger partial charge in [0.2, 0.25) is 0 Å². The molecule has 0 heterocycles. The Bertz CT molecular complexity index is 325. The SMILES string of the molecule is CC(CN)CC(=O)c1ccccc1F. The smallest absolute Gasteiger partial charge is 0.166 e. The lowest BCUT2D eigenvalue weighted by atomic mass is 10.00. The fourth-order valence-electron chi connectivity index (χ4n) is 1.20. The molecule has 0 spiro atoms. The Morgan fingerprint density at radius 3 is 2.71 bits per heavy atom. The van der Waals surface area contributed by atoms with Crippen LogP contribution < -0.4 is 5.73 Å². The Kier molecular flexibility index (Phi) is 3.77. The van der Waals surface area contributed by atoms with Crippen LogP contribution in [-0.4, -0.2) is 12.3 Å². The number of carbonyl (C=O) groups excluding carboxylic acids is 1. The Morgan fingerprint density at radius 1 is 1.50 bits per heavy atom. The van der Waals surface area contributed by atoms with E-state index < -0.39 is 5.82 Å². The van der Waals surface area contributed by atoms with Crippen molar-refractivity contribution in [1.82, 2.24) is 0 Å². The van der Waals surface area contributed by atoms with Crippen molar-refractivity contribution in [2.45, 2.75) is 13.3 Å². The first-order valence-corrected chi connectivity index (χ1v) is 4.63. The molecular formula is C11H14FNO. The van der Waals surface area contributed by atoms with Crippen LogP contribution in [0.3, 0.4) is 0 Å². The van der Waals surface area contributed by atoms with Crippen LogP contribution in [0.4, 0.5) is 4.39 Å². The molecule has 1 rings (SSSR count). The average molecular weight is 195 g/mol. The molecule has 0 saturated heterocycles. The highest BCUT2D eigenvalue weighted by Crippen LogP contribution is 2.12. The highest BCUT2D eigenvalue weighted by atomic mass is 19.1. The number of hydrogen-bond acceptors (Lipinski definition) is 2. The molecule has 0 radical (unpaired) electrons. The first-order chi connectivity index (χ1) is 6.65. The molecule has 0 aliphatic heterocycles. The number of benzene rings is 1. The summed E-state index contributed by atoms with van der Waals surface area (Å²) < 4.78 is 13.1. The van der Waals surface area contributed by atoms with E-state index in [-0.39, 0.29) is 17.3 Å². The van der Waals surface area contributed by atoms with Gasteiger partial charge >= 0.3 is 0 Å². The molecule has 1 aromatic carbocycles. The molecule has 14 heavy (non-hydrogen) atoms. The van der Waals surface area contributed by atoms with Gasteiger partial charge in [0.05, 0.1) is 5.56 Å². The van der Waals surface area contributed by atoms with Crippen LogP contribution in [-0.2, 0) is 0 Å². The molecule has 0 bridgehead atoms. The largest absolute Gasteiger partial charge is 0.330 e. The predicted molar refractivity (Wildman–Crippen MR) is 53.6 cm³/mol. The zero-order valence-electron chi connectivity index (χ0n) is 8.16. The molecule has 76 valence electrons. The van der Waals surface area contributed by atoms with Gasteiger partial charge in [-0.25, -0.2) is 4.39 Å². The van der Waals surface area contributed by atoms with Gasteiger partial charge in [0.1, 0.15) is 5.82 Å². The van der Waals surface area contributed by atoms with E-state index in [2.05, 4.69) is 0 Å². The minimum atomic E-state index is -0.457. The van der Waals surface area contributed by atoms with E-state index in [0.29, 0.717) is 13.0 Å². The highest BCUT2D eigenvalue weighted by molar-refractivity contribution is 5.96. The normalized spacial score (nSPS) is 12.5. The number of ketones is 1. The summed E-state index contributed by atoms with van der Waals surface area (Å²) in [6.45, 7) is 2.32.